The molecule has 5 nitrogen and oxygen atoms in total. The molecule has 0 spiro atoms. The number of anilines is 1. The van der Waals surface area contributed by atoms with E-state index in [0.717, 1.165) is 18.8 Å². The highest BCUT2D eigenvalue weighted by molar-refractivity contribution is 5.98. The Bertz CT molecular complexity index is 367. The van der Waals surface area contributed by atoms with Gasteiger partial charge in [-0.05, 0) is 26.0 Å². The summed E-state index contributed by atoms with van der Waals surface area (Å²) in [5.41, 5.74) is 6.95. The number of rotatable bonds is 7. The first-order chi connectivity index (χ1) is 8.20. The molecule has 1 rings (SSSR count). The molecule has 0 atom stereocenters. The van der Waals surface area contributed by atoms with Crippen LogP contribution in [-0.2, 0) is 4.74 Å². The molecule has 94 valence electrons. The molecule has 0 saturated heterocycles. The van der Waals surface area contributed by atoms with Crippen molar-refractivity contribution in [2.24, 2.45) is 5.73 Å². The molecule has 0 aliphatic carbocycles. The lowest BCUT2D eigenvalue weighted by Gasteiger charge is -2.24. The summed E-state index contributed by atoms with van der Waals surface area (Å²) in [7, 11) is 0. The van der Waals surface area contributed by atoms with E-state index in [-0.39, 0.29) is 5.84 Å². The highest BCUT2D eigenvalue weighted by Crippen LogP contribution is 2.17. The second-order valence-corrected chi connectivity index (χ2v) is 3.56. The first-order valence-corrected chi connectivity index (χ1v) is 5.82. The Labute approximate surface area is 102 Å². The Morgan fingerprint density at radius 2 is 2.29 bits per heavy atom. The summed E-state index contributed by atoms with van der Waals surface area (Å²) in [6.45, 7) is 7.01. The first-order valence-electron chi connectivity index (χ1n) is 5.82. The molecule has 0 saturated carbocycles. The number of aromatic nitrogens is 1. The summed E-state index contributed by atoms with van der Waals surface area (Å²) in [4.78, 5) is 6.25. The van der Waals surface area contributed by atoms with Crippen LogP contribution in [0.1, 0.15) is 19.5 Å². The number of likely N-dealkylation sites (N-methyl/N-ethyl adjacent to an activating group) is 1. The van der Waals surface area contributed by atoms with E-state index in [4.69, 9.17) is 15.9 Å². The molecule has 5 heteroatoms. The lowest BCUT2D eigenvalue weighted by atomic mass is 10.2. The number of nitrogens with two attached hydrogens (primary N) is 1. The summed E-state index contributed by atoms with van der Waals surface area (Å²) in [6, 6.07) is 3.78. The predicted octanol–water partition coefficient (Wildman–Crippen LogP) is 1.23. The normalized spacial score (nSPS) is 10.2. The Morgan fingerprint density at radius 1 is 1.53 bits per heavy atom. The maximum absolute atomic E-state index is 7.52. The molecule has 0 amide bonds. The van der Waals surface area contributed by atoms with Crippen molar-refractivity contribution in [2.75, 3.05) is 31.2 Å². The van der Waals surface area contributed by atoms with Gasteiger partial charge in [-0.2, -0.15) is 0 Å². The van der Waals surface area contributed by atoms with Crippen molar-refractivity contribution in [2.45, 2.75) is 13.8 Å². The molecule has 17 heavy (non-hydrogen) atoms. The lowest BCUT2D eigenvalue weighted by molar-refractivity contribution is 0.154. The van der Waals surface area contributed by atoms with E-state index < -0.39 is 0 Å². The first kappa shape index (κ1) is 13.4. The molecule has 0 aromatic carbocycles. The summed E-state index contributed by atoms with van der Waals surface area (Å²) in [5.74, 6) is -0.00420. The summed E-state index contributed by atoms with van der Waals surface area (Å²) >= 11 is 0. The van der Waals surface area contributed by atoms with Crippen LogP contribution in [0, 0.1) is 5.41 Å². The van der Waals surface area contributed by atoms with Crippen LogP contribution in [0.3, 0.4) is 0 Å². The van der Waals surface area contributed by atoms with Crippen molar-refractivity contribution in [3.8, 4) is 0 Å². The minimum atomic E-state index is -0.00420. The Hall–Kier alpha value is -1.62. The number of nitrogen functional groups attached to an aromatic ring is 1. The van der Waals surface area contributed by atoms with Crippen molar-refractivity contribution >= 4 is 11.5 Å². The lowest BCUT2D eigenvalue weighted by Crippen LogP contribution is -2.30. The topological polar surface area (TPSA) is 75.2 Å². The quantitative estimate of drug-likeness (QED) is 0.424. The zero-order valence-corrected chi connectivity index (χ0v) is 10.4. The van der Waals surface area contributed by atoms with E-state index in [1.807, 2.05) is 19.1 Å². The fraction of sp³-hybridized carbons (Fsp3) is 0.500. The van der Waals surface area contributed by atoms with Gasteiger partial charge >= 0.3 is 0 Å². The monoisotopic (exact) mass is 236 g/mol. The van der Waals surface area contributed by atoms with Crippen molar-refractivity contribution < 1.29 is 4.74 Å². The third kappa shape index (κ3) is 3.71. The number of nitrogens with one attached hydrogen (secondary N) is 1. The smallest absolute Gasteiger partial charge is 0.143 e. The number of nitrogens with zero attached hydrogens (tertiary/aromatic N) is 2. The summed E-state index contributed by atoms with van der Waals surface area (Å²) in [6.07, 6.45) is 1.65. The van der Waals surface area contributed by atoms with Crippen molar-refractivity contribution in [3.63, 3.8) is 0 Å². The second-order valence-electron chi connectivity index (χ2n) is 3.56. The fourth-order valence-electron chi connectivity index (χ4n) is 1.63. The van der Waals surface area contributed by atoms with Gasteiger partial charge in [0.05, 0.1) is 12.3 Å². The highest BCUT2D eigenvalue weighted by Gasteiger charge is 2.12. The van der Waals surface area contributed by atoms with E-state index in [2.05, 4.69) is 16.8 Å². The average Bonchev–Trinajstić information content (AvgIpc) is 2.35. The number of hydrogen-bond donors (Lipinski definition) is 2. The molecule has 3 N–H and O–H groups in total. The maximum atomic E-state index is 7.52. The number of amidine groups is 1. The zero-order valence-electron chi connectivity index (χ0n) is 10.4. The van der Waals surface area contributed by atoms with E-state index in [1.54, 1.807) is 6.20 Å². The van der Waals surface area contributed by atoms with E-state index in [1.165, 1.54) is 0 Å². The Balaban J connectivity index is 2.83. The van der Waals surface area contributed by atoms with Gasteiger partial charge < -0.3 is 15.4 Å². The number of ether oxygens (including phenoxy) is 1. The van der Waals surface area contributed by atoms with Crippen LogP contribution in [0.4, 0.5) is 5.69 Å². The number of pyridine rings is 1. The van der Waals surface area contributed by atoms with E-state index >= 15 is 0 Å². The van der Waals surface area contributed by atoms with Gasteiger partial charge in [0.15, 0.2) is 0 Å². The van der Waals surface area contributed by atoms with Crippen LogP contribution in [0.2, 0.25) is 0 Å². The fourth-order valence-corrected chi connectivity index (χ4v) is 1.63. The van der Waals surface area contributed by atoms with E-state index in [9.17, 15) is 0 Å². The van der Waals surface area contributed by atoms with Crippen molar-refractivity contribution in [1.29, 1.82) is 5.41 Å². The predicted molar refractivity (Wildman–Crippen MR) is 69.6 cm³/mol. The van der Waals surface area contributed by atoms with Crippen LogP contribution >= 0.6 is 0 Å². The van der Waals surface area contributed by atoms with Crippen LogP contribution in [-0.4, -0.2) is 37.1 Å². The minimum Gasteiger partial charge on any atom is -0.382 e. The van der Waals surface area contributed by atoms with Gasteiger partial charge in [0, 0.05) is 25.9 Å². The molecular weight excluding hydrogens is 216 g/mol. The second kappa shape index (κ2) is 6.85. The van der Waals surface area contributed by atoms with Crippen molar-refractivity contribution in [1.82, 2.24) is 4.98 Å². The van der Waals surface area contributed by atoms with Crippen LogP contribution in [0.15, 0.2) is 18.3 Å². The summed E-state index contributed by atoms with van der Waals surface area (Å²) < 4.78 is 5.34. The molecule has 0 fully saturated rings. The van der Waals surface area contributed by atoms with E-state index in [0.29, 0.717) is 18.9 Å². The molecule has 1 aromatic heterocycles. The Kier molecular flexibility index (Phi) is 5.42. The van der Waals surface area contributed by atoms with Gasteiger partial charge in [-0.15, -0.1) is 0 Å². The summed E-state index contributed by atoms with van der Waals surface area (Å²) in [5, 5.41) is 7.52. The third-order valence-corrected chi connectivity index (χ3v) is 2.47. The van der Waals surface area contributed by atoms with Crippen LogP contribution in [0.5, 0.6) is 0 Å². The van der Waals surface area contributed by atoms with Gasteiger partial charge in [0.2, 0.25) is 0 Å². The van der Waals surface area contributed by atoms with Crippen LogP contribution < -0.4 is 10.6 Å². The molecule has 0 aliphatic heterocycles. The maximum Gasteiger partial charge on any atom is 0.143 e. The third-order valence-electron chi connectivity index (χ3n) is 2.47. The minimum absolute atomic E-state index is 0.00420. The molecule has 0 aliphatic rings. The highest BCUT2D eigenvalue weighted by atomic mass is 16.5. The van der Waals surface area contributed by atoms with Gasteiger partial charge in [-0.25, -0.2) is 0 Å². The van der Waals surface area contributed by atoms with Gasteiger partial charge in [-0.3, -0.25) is 10.4 Å². The van der Waals surface area contributed by atoms with Crippen molar-refractivity contribution in [3.05, 3.63) is 24.0 Å². The zero-order chi connectivity index (χ0) is 12.7. The van der Waals surface area contributed by atoms with Gasteiger partial charge in [0.1, 0.15) is 11.5 Å². The SMILES string of the molecule is CCOCCN(CC)c1cccnc1C(=N)N. The molecule has 0 bridgehead atoms. The van der Waals surface area contributed by atoms with Gasteiger partial charge in [0.25, 0.3) is 0 Å². The largest absolute Gasteiger partial charge is 0.382 e. The molecule has 0 unspecified atom stereocenters. The Morgan fingerprint density at radius 3 is 2.88 bits per heavy atom. The standard InChI is InChI=1S/C12H20N4O/c1-3-16(8-9-17-4-2)10-6-5-7-15-11(10)12(13)14/h5-7H,3-4,8-9H2,1-2H3,(H3,13,14). The molecule has 1 heterocycles. The van der Waals surface area contributed by atoms with Gasteiger partial charge in [-0.1, -0.05) is 0 Å². The molecule has 0 radical (unpaired) electrons. The number of hydrogen-bond acceptors (Lipinski definition) is 4. The average molecular weight is 236 g/mol. The molecule has 1 aromatic rings. The van der Waals surface area contributed by atoms with Crippen LogP contribution in [0.25, 0.3) is 0 Å². The molecular formula is C12H20N4O.